The van der Waals surface area contributed by atoms with Gasteiger partial charge < -0.3 is 15.0 Å². The van der Waals surface area contributed by atoms with Gasteiger partial charge in [-0.2, -0.15) is 0 Å². The van der Waals surface area contributed by atoms with Crippen molar-refractivity contribution in [3.8, 4) is 0 Å². The third-order valence-corrected chi connectivity index (χ3v) is 4.17. The third kappa shape index (κ3) is 7.28. The molecule has 1 atom stereocenters. The predicted molar refractivity (Wildman–Crippen MR) is 82.6 cm³/mol. The molecule has 0 aromatic heterocycles. The zero-order chi connectivity index (χ0) is 14.1. The van der Waals surface area contributed by atoms with Crippen molar-refractivity contribution in [2.75, 3.05) is 39.4 Å². The van der Waals surface area contributed by atoms with Crippen molar-refractivity contribution >= 4 is 0 Å². The number of nitrogens with one attached hydrogen (secondary N) is 1. The van der Waals surface area contributed by atoms with Crippen LogP contribution in [-0.4, -0.2) is 50.3 Å². The number of piperidine rings is 1. The van der Waals surface area contributed by atoms with Crippen LogP contribution in [0, 0.1) is 11.8 Å². The Hall–Kier alpha value is -0.120. The Morgan fingerprint density at radius 3 is 2.47 bits per heavy atom. The van der Waals surface area contributed by atoms with Crippen LogP contribution in [0.5, 0.6) is 0 Å². The van der Waals surface area contributed by atoms with Crippen molar-refractivity contribution in [3.05, 3.63) is 0 Å². The lowest BCUT2D eigenvalue weighted by molar-refractivity contribution is 0.106. The molecule has 114 valence electrons. The molecule has 0 aromatic carbocycles. The first-order valence-corrected chi connectivity index (χ1v) is 8.17. The van der Waals surface area contributed by atoms with Gasteiger partial charge in [0.2, 0.25) is 0 Å². The molecule has 0 radical (unpaired) electrons. The molecule has 1 unspecified atom stereocenters. The molecule has 0 amide bonds. The van der Waals surface area contributed by atoms with Gasteiger partial charge in [-0.15, -0.1) is 0 Å². The summed E-state index contributed by atoms with van der Waals surface area (Å²) in [4.78, 5) is 2.56. The highest BCUT2D eigenvalue weighted by Gasteiger charge is 2.22. The summed E-state index contributed by atoms with van der Waals surface area (Å²) in [6, 6.07) is 0.657. The van der Waals surface area contributed by atoms with Gasteiger partial charge in [-0.3, -0.25) is 0 Å². The van der Waals surface area contributed by atoms with Crippen molar-refractivity contribution in [2.45, 2.75) is 53.0 Å². The maximum atomic E-state index is 5.60. The average molecular weight is 270 g/mol. The second kappa shape index (κ2) is 9.73. The summed E-state index contributed by atoms with van der Waals surface area (Å²) < 4.78 is 5.60. The van der Waals surface area contributed by atoms with Crippen LogP contribution in [-0.2, 0) is 4.74 Å². The Morgan fingerprint density at radius 2 is 1.89 bits per heavy atom. The minimum absolute atomic E-state index is 0.649. The number of likely N-dealkylation sites (tertiary alicyclic amines) is 1. The van der Waals surface area contributed by atoms with E-state index in [9.17, 15) is 0 Å². The molecule has 1 heterocycles. The smallest absolute Gasteiger partial charge is 0.0489 e. The normalized spacial score (nSPS) is 20.1. The van der Waals surface area contributed by atoms with Crippen molar-refractivity contribution in [3.63, 3.8) is 0 Å². The van der Waals surface area contributed by atoms with Crippen molar-refractivity contribution in [1.82, 2.24) is 10.2 Å². The molecular weight excluding hydrogens is 236 g/mol. The summed E-state index contributed by atoms with van der Waals surface area (Å²) in [6.07, 6.45) is 3.84. The molecule has 0 aliphatic carbocycles. The second-order valence-corrected chi connectivity index (χ2v) is 6.34. The molecule has 1 rings (SSSR count). The molecular formula is C16H34N2O. The van der Waals surface area contributed by atoms with E-state index in [-0.39, 0.29) is 0 Å². The van der Waals surface area contributed by atoms with Crippen LogP contribution in [0.25, 0.3) is 0 Å². The number of ether oxygens (including phenoxy) is 1. The first-order valence-electron chi connectivity index (χ1n) is 8.17. The highest BCUT2D eigenvalue weighted by molar-refractivity contribution is 4.79. The van der Waals surface area contributed by atoms with Gasteiger partial charge in [0.05, 0.1) is 0 Å². The fourth-order valence-electron chi connectivity index (χ4n) is 2.76. The second-order valence-electron chi connectivity index (χ2n) is 6.34. The SMILES string of the molecule is CCN1CCC(C(C)NCCCOCC(C)C)CC1. The molecule has 1 aliphatic rings. The van der Waals surface area contributed by atoms with Crippen LogP contribution < -0.4 is 5.32 Å². The van der Waals surface area contributed by atoms with E-state index in [2.05, 4.69) is 37.9 Å². The van der Waals surface area contributed by atoms with E-state index in [1.54, 1.807) is 0 Å². The molecule has 3 nitrogen and oxygen atoms in total. The van der Waals surface area contributed by atoms with Gasteiger partial charge >= 0.3 is 0 Å². The van der Waals surface area contributed by atoms with Gasteiger partial charge in [-0.1, -0.05) is 20.8 Å². The van der Waals surface area contributed by atoms with E-state index >= 15 is 0 Å². The van der Waals surface area contributed by atoms with Crippen LogP contribution in [0.2, 0.25) is 0 Å². The monoisotopic (exact) mass is 270 g/mol. The molecule has 0 aromatic rings. The van der Waals surface area contributed by atoms with E-state index in [1.165, 1.54) is 32.5 Å². The van der Waals surface area contributed by atoms with E-state index < -0.39 is 0 Å². The lowest BCUT2D eigenvalue weighted by Gasteiger charge is -2.34. The average Bonchev–Trinajstić information content (AvgIpc) is 2.42. The zero-order valence-electron chi connectivity index (χ0n) is 13.5. The standard InChI is InChI=1S/C16H34N2O/c1-5-18-10-7-16(8-11-18)15(4)17-9-6-12-19-13-14(2)3/h14-17H,5-13H2,1-4H3. The van der Waals surface area contributed by atoms with Crippen molar-refractivity contribution < 1.29 is 4.74 Å². The lowest BCUT2D eigenvalue weighted by atomic mass is 9.90. The lowest BCUT2D eigenvalue weighted by Crippen LogP contribution is -2.42. The summed E-state index contributed by atoms with van der Waals surface area (Å²) in [6.45, 7) is 15.7. The fourth-order valence-corrected chi connectivity index (χ4v) is 2.76. The Balaban J connectivity index is 2.00. The first kappa shape index (κ1) is 16.9. The third-order valence-electron chi connectivity index (χ3n) is 4.17. The van der Waals surface area contributed by atoms with Crippen LogP contribution in [0.15, 0.2) is 0 Å². The molecule has 1 fully saturated rings. The molecule has 0 saturated carbocycles. The van der Waals surface area contributed by atoms with Gasteiger partial charge in [-0.05, 0) is 64.2 Å². The van der Waals surface area contributed by atoms with Gasteiger partial charge in [-0.25, -0.2) is 0 Å². The molecule has 0 spiro atoms. The summed E-state index contributed by atoms with van der Waals surface area (Å²) in [5.41, 5.74) is 0. The maximum absolute atomic E-state index is 5.60. The van der Waals surface area contributed by atoms with Gasteiger partial charge in [0.25, 0.3) is 0 Å². The summed E-state index contributed by atoms with van der Waals surface area (Å²) in [5.74, 6) is 1.51. The Kier molecular flexibility index (Phi) is 8.67. The van der Waals surface area contributed by atoms with Gasteiger partial charge in [0.15, 0.2) is 0 Å². The van der Waals surface area contributed by atoms with E-state index in [0.29, 0.717) is 12.0 Å². The van der Waals surface area contributed by atoms with Crippen LogP contribution >= 0.6 is 0 Å². The number of hydrogen-bond donors (Lipinski definition) is 1. The largest absolute Gasteiger partial charge is 0.381 e. The Morgan fingerprint density at radius 1 is 1.21 bits per heavy atom. The Labute approximate surface area is 120 Å². The topological polar surface area (TPSA) is 24.5 Å². The minimum Gasteiger partial charge on any atom is -0.381 e. The molecule has 1 N–H and O–H groups in total. The summed E-state index contributed by atoms with van der Waals surface area (Å²) in [7, 11) is 0. The Bertz CT molecular complexity index is 213. The molecule has 0 bridgehead atoms. The highest BCUT2D eigenvalue weighted by atomic mass is 16.5. The zero-order valence-corrected chi connectivity index (χ0v) is 13.5. The summed E-state index contributed by atoms with van der Waals surface area (Å²) in [5, 5.41) is 3.67. The first-order chi connectivity index (χ1) is 9.13. The maximum Gasteiger partial charge on any atom is 0.0489 e. The van der Waals surface area contributed by atoms with Gasteiger partial charge in [0.1, 0.15) is 0 Å². The van der Waals surface area contributed by atoms with Crippen LogP contribution in [0.3, 0.4) is 0 Å². The van der Waals surface area contributed by atoms with Crippen molar-refractivity contribution in [1.29, 1.82) is 0 Å². The molecule has 1 aliphatic heterocycles. The van der Waals surface area contributed by atoms with E-state index in [1.807, 2.05) is 0 Å². The molecule has 3 heteroatoms. The number of rotatable bonds is 9. The fraction of sp³-hybridized carbons (Fsp3) is 1.00. The van der Waals surface area contributed by atoms with Crippen LogP contribution in [0.4, 0.5) is 0 Å². The van der Waals surface area contributed by atoms with Gasteiger partial charge in [0, 0.05) is 19.3 Å². The van der Waals surface area contributed by atoms with E-state index in [0.717, 1.165) is 32.1 Å². The molecule has 19 heavy (non-hydrogen) atoms. The molecule has 1 saturated heterocycles. The minimum atomic E-state index is 0.649. The number of hydrogen-bond acceptors (Lipinski definition) is 3. The number of nitrogens with zero attached hydrogens (tertiary/aromatic N) is 1. The van der Waals surface area contributed by atoms with Crippen LogP contribution in [0.1, 0.15) is 47.0 Å². The summed E-state index contributed by atoms with van der Waals surface area (Å²) >= 11 is 0. The van der Waals surface area contributed by atoms with E-state index in [4.69, 9.17) is 4.74 Å². The predicted octanol–water partition coefficient (Wildman–Crippen LogP) is 2.76. The highest BCUT2D eigenvalue weighted by Crippen LogP contribution is 2.20. The van der Waals surface area contributed by atoms with Crippen molar-refractivity contribution in [2.24, 2.45) is 11.8 Å². The quantitative estimate of drug-likeness (QED) is 0.652.